The van der Waals surface area contributed by atoms with Gasteiger partial charge < -0.3 is 30.3 Å². The number of nitrogens with one attached hydrogen (secondary N) is 1. The molecular weight excluding hydrogens is 520 g/mol. The summed E-state index contributed by atoms with van der Waals surface area (Å²) in [5, 5.41) is 34.6. The fraction of sp³-hybridized carbons (Fsp3) is 0.467. The summed E-state index contributed by atoms with van der Waals surface area (Å²) < 4.78 is 6.15. The molecule has 1 heterocycles. The van der Waals surface area contributed by atoms with E-state index in [-0.39, 0.29) is 31.9 Å². The maximum Gasteiger partial charge on any atom is 0.404 e. The van der Waals surface area contributed by atoms with Crippen LogP contribution in [0.2, 0.25) is 5.02 Å². The summed E-state index contributed by atoms with van der Waals surface area (Å²) in [6.45, 7) is 6.65. The van der Waals surface area contributed by atoms with Gasteiger partial charge in [0.25, 0.3) is 0 Å². The van der Waals surface area contributed by atoms with Crippen LogP contribution >= 0.6 is 11.6 Å². The molecule has 0 bridgehead atoms. The smallest absolute Gasteiger partial charge is 0.404 e. The highest BCUT2D eigenvalue weighted by Gasteiger charge is 2.46. The first-order valence-corrected chi connectivity index (χ1v) is 13.8. The molecule has 210 valence electrons. The molecule has 0 spiro atoms. The number of hydrogen-bond acceptors (Lipinski definition) is 5. The topological polar surface area (TPSA) is 119 Å². The van der Waals surface area contributed by atoms with E-state index < -0.39 is 35.9 Å². The van der Waals surface area contributed by atoms with E-state index in [1.165, 1.54) is 0 Å². The summed E-state index contributed by atoms with van der Waals surface area (Å²) in [5.74, 6) is -0.694. The van der Waals surface area contributed by atoms with E-state index in [2.05, 4.69) is 24.9 Å². The quantitative estimate of drug-likeness (QED) is 0.341. The Balaban J connectivity index is 1.65. The lowest BCUT2D eigenvalue weighted by molar-refractivity contribution is -0.167. The van der Waals surface area contributed by atoms with Crippen molar-refractivity contribution in [3.05, 3.63) is 71.3 Å². The number of aliphatic hydroxyl groups excluding tert-OH is 1. The standard InChI is InChI=1S/C30H37ClN2O6/c1-3-5-12-30(38,22-10-7-11-23(31)27(22)20-9-6-8-19(4-2)15-20)26-18-33(13-14-39-26)28(35)21-16-24(25(34)17-21)32-29(36)37/h3,6-11,15,21,24-26,32,34,38H,1,4-5,12-14,16-18H2,2H3,(H,36,37)/t21-,24+,25-,26+,30+/m0/s1. The first-order chi connectivity index (χ1) is 18.7. The highest BCUT2D eigenvalue weighted by molar-refractivity contribution is 6.33. The van der Waals surface area contributed by atoms with E-state index in [9.17, 15) is 19.8 Å². The molecule has 5 atom stereocenters. The molecule has 1 aliphatic heterocycles. The molecule has 2 aromatic rings. The van der Waals surface area contributed by atoms with Crippen molar-refractivity contribution < 1.29 is 29.6 Å². The Hall–Kier alpha value is -2.91. The number of rotatable bonds is 9. The molecule has 1 aliphatic carbocycles. The lowest BCUT2D eigenvalue weighted by Gasteiger charge is -2.43. The predicted molar refractivity (Wildman–Crippen MR) is 150 cm³/mol. The van der Waals surface area contributed by atoms with Crippen LogP contribution in [-0.2, 0) is 21.6 Å². The van der Waals surface area contributed by atoms with Gasteiger partial charge in [0.15, 0.2) is 0 Å². The zero-order valence-electron chi connectivity index (χ0n) is 22.2. The van der Waals surface area contributed by atoms with Crippen LogP contribution in [-0.4, -0.2) is 70.2 Å². The molecule has 0 radical (unpaired) electrons. The number of aryl methyl sites for hydroxylation is 1. The predicted octanol–water partition coefficient (Wildman–Crippen LogP) is 4.36. The number of allylic oxidation sites excluding steroid dienone is 1. The van der Waals surface area contributed by atoms with Gasteiger partial charge in [0, 0.05) is 23.0 Å². The van der Waals surface area contributed by atoms with Crippen LogP contribution in [0.15, 0.2) is 55.1 Å². The van der Waals surface area contributed by atoms with Gasteiger partial charge in [-0.2, -0.15) is 0 Å². The molecule has 2 aromatic carbocycles. The molecule has 2 aliphatic rings. The Labute approximate surface area is 234 Å². The molecule has 0 unspecified atom stereocenters. The van der Waals surface area contributed by atoms with Gasteiger partial charge in [0.1, 0.15) is 11.7 Å². The van der Waals surface area contributed by atoms with Gasteiger partial charge in [-0.1, -0.05) is 61.0 Å². The van der Waals surface area contributed by atoms with Crippen molar-refractivity contribution in [1.82, 2.24) is 10.2 Å². The fourth-order valence-electron chi connectivity index (χ4n) is 5.84. The number of hydrogen-bond donors (Lipinski definition) is 4. The number of aliphatic hydroxyl groups is 2. The summed E-state index contributed by atoms with van der Waals surface area (Å²) >= 11 is 6.76. The molecule has 39 heavy (non-hydrogen) atoms. The first kappa shape index (κ1) is 29.1. The van der Waals surface area contributed by atoms with Gasteiger partial charge >= 0.3 is 6.09 Å². The van der Waals surface area contributed by atoms with Crippen LogP contribution < -0.4 is 5.32 Å². The van der Waals surface area contributed by atoms with E-state index in [1.54, 1.807) is 17.0 Å². The minimum Gasteiger partial charge on any atom is -0.465 e. The maximum atomic E-state index is 13.5. The fourth-order valence-corrected chi connectivity index (χ4v) is 6.13. The average Bonchev–Trinajstić information content (AvgIpc) is 3.30. The number of carboxylic acid groups (broad SMARTS) is 1. The number of carbonyl (C=O) groups is 2. The zero-order chi connectivity index (χ0) is 28.2. The van der Waals surface area contributed by atoms with Crippen LogP contribution in [0.5, 0.6) is 0 Å². The molecule has 1 saturated carbocycles. The third kappa shape index (κ3) is 6.30. The number of amides is 2. The minimum atomic E-state index is -1.47. The molecule has 1 saturated heterocycles. The molecule has 4 rings (SSSR count). The Kier molecular flexibility index (Phi) is 9.33. The molecule has 4 N–H and O–H groups in total. The van der Waals surface area contributed by atoms with Crippen LogP contribution in [0.1, 0.15) is 43.7 Å². The second kappa shape index (κ2) is 12.5. The van der Waals surface area contributed by atoms with Crippen molar-refractivity contribution >= 4 is 23.6 Å². The van der Waals surface area contributed by atoms with E-state index in [1.807, 2.05) is 30.3 Å². The van der Waals surface area contributed by atoms with Crippen LogP contribution in [0.4, 0.5) is 4.79 Å². The number of ether oxygens (including phenoxy) is 1. The summed E-state index contributed by atoms with van der Waals surface area (Å²) in [5.41, 5.74) is 1.93. The minimum absolute atomic E-state index is 0.150. The van der Waals surface area contributed by atoms with Gasteiger partial charge in [-0.3, -0.25) is 4.79 Å². The molecule has 2 fully saturated rings. The lowest BCUT2D eigenvalue weighted by atomic mass is 9.79. The average molecular weight is 557 g/mol. The second-order valence-electron chi connectivity index (χ2n) is 10.4. The van der Waals surface area contributed by atoms with Gasteiger partial charge in [0.2, 0.25) is 5.91 Å². The van der Waals surface area contributed by atoms with Gasteiger partial charge in [-0.25, -0.2) is 4.79 Å². The Morgan fingerprint density at radius 2 is 2.03 bits per heavy atom. The van der Waals surface area contributed by atoms with E-state index in [4.69, 9.17) is 21.4 Å². The number of halogens is 1. The highest BCUT2D eigenvalue weighted by atomic mass is 35.5. The Morgan fingerprint density at radius 3 is 2.74 bits per heavy atom. The molecule has 9 heteroatoms. The third-order valence-electron chi connectivity index (χ3n) is 7.93. The number of nitrogens with zero attached hydrogens (tertiary/aromatic N) is 1. The second-order valence-corrected chi connectivity index (χ2v) is 10.8. The number of morpholine rings is 1. The SMILES string of the molecule is C=CCC[C@@](O)(c1cccc(Cl)c1-c1cccc(CC)c1)[C@H]1CN(C(=O)[C@@H]2C[C@H](O)[C@H](NC(=O)O)C2)CCO1. The van der Waals surface area contributed by atoms with Gasteiger partial charge in [-0.05, 0) is 54.9 Å². The summed E-state index contributed by atoms with van der Waals surface area (Å²) in [7, 11) is 0. The van der Waals surface area contributed by atoms with Crippen molar-refractivity contribution in [2.24, 2.45) is 5.92 Å². The van der Waals surface area contributed by atoms with Gasteiger partial charge in [0.05, 0.1) is 25.3 Å². The lowest BCUT2D eigenvalue weighted by Crippen LogP contribution is -2.55. The van der Waals surface area contributed by atoms with Crippen molar-refractivity contribution in [1.29, 1.82) is 0 Å². The monoisotopic (exact) mass is 556 g/mol. The van der Waals surface area contributed by atoms with E-state index >= 15 is 0 Å². The Morgan fingerprint density at radius 1 is 1.26 bits per heavy atom. The van der Waals surface area contributed by atoms with Crippen molar-refractivity contribution in [2.75, 3.05) is 19.7 Å². The largest absolute Gasteiger partial charge is 0.465 e. The van der Waals surface area contributed by atoms with Crippen LogP contribution in [0.25, 0.3) is 11.1 Å². The molecular formula is C30H37ClN2O6. The van der Waals surface area contributed by atoms with Gasteiger partial charge in [-0.15, -0.1) is 6.58 Å². The molecule has 2 amide bonds. The first-order valence-electron chi connectivity index (χ1n) is 13.5. The van der Waals surface area contributed by atoms with Crippen LogP contribution in [0, 0.1) is 5.92 Å². The highest BCUT2D eigenvalue weighted by Crippen LogP contribution is 2.43. The summed E-state index contributed by atoms with van der Waals surface area (Å²) in [6.07, 6.45) is 0.946. The zero-order valence-corrected chi connectivity index (χ0v) is 22.9. The van der Waals surface area contributed by atoms with E-state index in [0.717, 1.165) is 23.1 Å². The Bertz CT molecular complexity index is 1210. The van der Waals surface area contributed by atoms with Crippen LogP contribution in [0.3, 0.4) is 0 Å². The molecule has 0 aromatic heterocycles. The summed E-state index contributed by atoms with van der Waals surface area (Å²) in [4.78, 5) is 26.2. The number of benzene rings is 2. The van der Waals surface area contributed by atoms with Crippen molar-refractivity contribution in [2.45, 2.75) is 62.9 Å². The molecule has 8 nitrogen and oxygen atoms in total. The normalized spacial score (nSPS) is 24.7. The third-order valence-corrected chi connectivity index (χ3v) is 8.25. The van der Waals surface area contributed by atoms with E-state index in [0.29, 0.717) is 30.0 Å². The van der Waals surface area contributed by atoms with Crippen molar-refractivity contribution in [3.8, 4) is 11.1 Å². The number of carbonyl (C=O) groups excluding carboxylic acids is 1. The summed E-state index contributed by atoms with van der Waals surface area (Å²) in [6, 6.07) is 12.9. The van der Waals surface area contributed by atoms with Crippen molar-refractivity contribution in [3.63, 3.8) is 0 Å². The maximum absolute atomic E-state index is 13.5.